The summed E-state index contributed by atoms with van der Waals surface area (Å²) in [6, 6.07) is 3.88. The van der Waals surface area contributed by atoms with Crippen LogP contribution < -0.4 is 15.4 Å². The Labute approximate surface area is 150 Å². The van der Waals surface area contributed by atoms with Gasteiger partial charge >= 0.3 is 0 Å². The van der Waals surface area contributed by atoms with Gasteiger partial charge in [-0.15, -0.1) is 0 Å². The number of guanidine groups is 1. The second kappa shape index (κ2) is 11.7. The molecule has 0 spiro atoms. The summed E-state index contributed by atoms with van der Waals surface area (Å²) < 4.78 is 10.4. The number of methoxy groups -OCH3 is 1. The van der Waals surface area contributed by atoms with E-state index in [1.54, 1.807) is 14.2 Å². The second-order valence-corrected chi connectivity index (χ2v) is 6.10. The van der Waals surface area contributed by atoms with E-state index in [2.05, 4.69) is 25.5 Å². The number of nitrogens with zero attached hydrogens (tertiary/aromatic N) is 3. The molecule has 1 aliphatic rings. The minimum absolute atomic E-state index is 0.509. The van der Waals surface area contributed by atoms with E-state index in [4.69, 9.17) is 9.47 Å². The molecule has 7 nitrogen and oxygen atoms in total. The first-order chi connectivity index (χ1) is 12.3. The zero-order chi connectivity index (χ0) is 17.7. The molecule has 1 aromatic rings. The maximum Gasteiger partial charge on any atom is 0.213 e. The van der Waals surface area contributed by atoms with Crippen molar-refractivity contribution in [3.8, 4) is 5.88 Å². The van der Waals surface area contributed by atoms with Crippen LogP contribution in [0.4, 0.5) is 0 Å². The molecule has 2 rings (SSSR count). The highest BCUT2D eigenvalue weighted by atomic mass is 16.5. The first kappa shape index (κ1) is 19.5. The van der Waals surface area contributed by atoms with Crippen molar-refractivity contribution in [2.24, 2.45) is 4.99 Å². The van der Waals surface area contributed by atoms with Gasteiger partial charge in [0.15, 0.2) is 5.96 Å². The molecule has 0 bridgehead atoms. The second-order valence-electron chi connectivity index (χ2n) is 6.10. The SMILES string of the molecule is CN=C(NCCN1CCCCC1)NCc1ccc(OCCOC)nc1. The van der Waals surface area contributed by atoms with Gasteiger partial charge in [0.2, 0.25) is 5.88 Å². The molecule has 25 heavy (non-hydrogen) atoms. The van der Waals surface area contributed by atoms with Gasteiger partial charge in [-0.3, -0.25) is 4.99 Å². The average Bonchev–Trinajstić information content (AvgIpc) is 2.66. The van der Waals surface area contributed by atoms with E-state index in [1.807, 2.05) is 18.3 Å². The Morgan fingerprint density at radius 3 is 2.72 bits per heavy atom. The average molecular weight is 349 g/mol. The van der Waals surface area contributed by atoms with Crippen molar-refractivity contribution in [2.45, 2.75) is 25.8 Å². The third kappa shape index (κ3) is 7.70. The molecule has 2 heterocycles. The zero-order valence-corrected chi connectivity index (χ0v) is 15.5. The van der Waals surface area contributed by atoms with Gasteiger partial charge in [-0.05, 0) is 31.5 Å². The molecular weight excluding hydrogens is 318 g/mol. The van der Waals surface area contributed by atoms with Crippen LogP contribution in [0.2, 0.25) is 0 Å². The summed E-state index contributed by atoms with van der Waals surface area (Å²) in [5, 5.41) is 6.69. The molecule has 0 saturated carbocycles. The van der Waals surface area contributed by atoms with Gasteiger partial charge in [-0.1, -0.05) is 12.5 Å². The Hall–Kier alpha value is -1.86. The first-order valence-corrected chi connectivity index (χ1v) is 9.05. The van der Waals surface area contributed by atoms with Crippen LogP contribution >= 0.6 is 0 Å². The first-order valence-electron chi connectivity index (χ1n) is 9.05. The summed E-state index contributed by atoms with van der Waals surface area (Å²) in [4.78, 5) is 11.1. The number of nitrogens with one attached hydrogen (secondary N) is 2. The number of ether oxygens (including phenoxy) is 2. The highest BCUT2D eigenvalue weighted by Gasteiger charge is 2.09. The molecule has 1 aliphatic heterocycles. The molecule has 0 radical (unpaired) electrons. The molecule has 0 aromatic carbocycles. The van der Waals surface area contributed by atoms with E-state index >= 15 is 0 Å². The van der Waals surface area contributed by atoms with Crippen LogP contribution in [0.15, 0.2) is 23.3 Å². The highest BCUT2D eigenvalue weighted by molar-refractivity contribution is 5.79. The van der Waals surface area contributed by atoms with Gasteiger partial charge < -0.3 is 25.0 Å². The maximum absolute atomic E-state index is 5.46. The fourth-order valence-electron chi connectivity index (χ4n) is 2.75. The lowest BCUT2D eigenvalue weighted by Crippen LogP contribution is -2.42. The van der Waals surface area contributed by atoms with E-state index in [0.717, 1.165) is 24.6 Å². The largest absolute Gasteiger partial charge is 0.475 e. The number of pyridine rings is 1. The smallest absolute Gasteiger partial charge is 0.213 e. The highest BCUT2D eigenvalue weighted by Crippen LogP contribution is 2.08. The molecule has 2 N–H and O–H groups in total. The maximum atomic E-state index is 5.46. The van der Waals surface area contributed by atoms with Gasteiger partial charge in [-0.25, -0.2) is 4.98 Å². The number of aliphatic imine (C=N–C) groups is 1. The van der Waals surface area contributed by atoms with Crippen LogP contribution in [-0.2, 0) is 11.3 Å². The molecule has 0 amide bonds. The summed E-state index contributed by atoms with van der Waals surface area (Å²) in [6.45, 7) is 6.16. The molecular formula is C18H31N5O2. The summed E-state index contributed by atoms with van der Waals surface area (Å²) in [5.41, 5.74) is 1.08. The van der Waals surface area contributed by atoms with E-state index in [0.29, 0.717) is 25.6 Å². The third-order valence-corrected chi connectivity index (χ3v) is 4.19. The van der Waals surface area contributed by atoms with Crippen molar-refractivity contribution < 1.29 is 9.47 Å². The lowest BCUT2D eigenvalue weighted by Gasteiger charge is -2.26. The molecule has 140 valence electrons. The lowest BCUT2D eigenvalue weighted by atomic mass is 10.1. The number of aromatic nitrogens is 1. The molecule has 1 aromatic heterocycles. The minimum Gasteiger partial charge on any atom is -0.475 e. The fraction of sp³-hybridized carbons (Fsp3) is 0.667. The standard InChI is InChI=1S/C18H31N5O2/c1-19-18(20-8-11-23-9-4-3-5-10-23)22-15-16-6-7-17(21-14-16)25-13-12-24-2/h6-7,14H,3-5,8-13,15H2,1-2H3,(H2,19,20,22). The van der Waals surface area contributed by atoms with Crippen molar-refractivity contribution in [3.05, 3.63) is 23.9 Å². The molecule has 1 saturated heterocycles. The Morgan fingerprint density at radius 2 is 2.04 bits per heavy atom. The normalized spacial score (nSPS) is 15.8. The zero-order valence-electron chi connectivity index (χ0n) is 15.5. The van der Waals surface area contributed by atoms with Crippen LogP contribution in [0, 0.1) is 0 Å². The van der Waals surface area contributed by atoms with E-state index < -0.39 is 0 Å². The predicted octanol–water partition coefficient (Wildman–Crippen LogP) is 1.26. The van der Waals surface area contributed by atoms with Crippen LogP contribution in [-0.4, -0.2) is 69.4 Å². The third-order valence-electron chi connectivity index (χ3n) is 4.19. The molecule has 1 fully saturated rings. The summed E-state index contributed by atoms with van der Waals surface area (Å²) in [6.07, 6.45) is 5.84. The molecule has 0 unspecified atom stereocenters. The lowest BCUT2D eigenvalue weighted by molar-refractivity contribution is 0.143. The van der Waals surface area contributed by atoms with Crippen LogP contribution in [0.1, 0.15) is 24.8 Å². The number of hydrogen-bond donors (Lipinski definition) is 2. The molecule has 0 atom stereocenters. The number of piperidine rings is 1. The van der Waals surface area contributed by atoms with Gasteiger partial charge in [0, 0.05) is 46.1 Å². The van der Waals surface area contributed by atoms with Crippen LogP contribution in [0.5, 0.6) is 5.88 Å². The van der Waals surface area contributed by atoms with E-state index in [1.165, 1.54) is 32.4 Å². The van der Waals surface area contributed by atoms with Crippen molar-refractivity contribution in [1.82, 2.24) is 20.5 Å². The van der Waals surface area contributed by atoms with Gasteiger partial charge in [0.25, 0.3) is 0 Å². The number of likely N-dealkylation sites (tertiary alicyclic amines) is 1. The van der Waals surface area contributed by atoms with E-state index in [9.17, 15) is 0 Å². The van der Waals surface area contributed by atoms with Crippen molar-refractivity contribution in [1.29, 1.82) is 0 Å². The number of rotatable bonds is 9. The van der Waals surface area contributed by atoms with Gasteiger partial charge in [0.1, 0.15) is 6.61 Å². The summed E-state index contributed by atoms with van der Waals surface area (Å²) in [7, 11) is 3.44. The van der Waals surface area contributed by atoms with Crippen molar-refractivity contribution >= 4 is 5.96 Å². The molecule has 7 heteroatoms. The quantitative estimate of drug-likeness (QED) is 0.397. The van der Waals surface area contributed by atoms with Crippen LogP contribution in [0.25, 0.3) is 0 Å². The summed E-state index contributed by atoms with van der Waals surface area (Å²) in [5.74, 6) is 1.43. The Bertz CT molecular complexity index is 501. The molecule has 0 aliphatic carbocycles. The Balaban J connectivity index is 1.65. The minimum atomic E-state index is 0.509. The topological polar surface area (TPSA) is 71.0 Å². The van der Waals surface area contributed by atoms with Gasteiger partial charge in [-0.2, -0.15) is 0 Å². The van der Waals surface area contributed by atoms with Crippen molar-refractivity contribution in [3.63, 3.8) is 0 Å². The monoisotopic (exact) mass is 349 g/mol. The van der Waals surface area contributed by atoms with Crippen LogP contribution in [0.3, 0.4) is 0 Å². The van der Waals surface area contributed by atoms with Gasteiger partial charge in [0.05, 0.1) is 6.61 Å². The number of hydrogen-bond acceptors (Lipinski definition) is 5. The predicted molar refractivity (Wildman–Crippen MR) is 100 cm³/mol. The van der Waals surface area contributed by atoms with E-state index in [-0.39, 0.29) is 0 Å². The fourth-order valence-corrected chi connectivity index (χ4v) is 2.75. The Kier molecular flexibility index (Phi) is 9.07. The summed E-state index contributed by atoms with van der Waals surface area (Å²) >= 11 is 0. The Morgan fingerprint density at radius 1 is 1.20 bits per heavy atom. The van der Waals surface area contributed by atoms with Crippen molar-refractivity contribution in [2.75, 3.05) is 53.6 Å².